The van der Waals surface area contributed by atoms with Crippen LogP contribution in [0.15, 0.2) is 30.3 Å². The molecule has 6 nitrogen and oxygen atoms in total. The third kappa shape index (κ3) is 4.39. The molecule has 0 amide bonds. The minimum absolute atomic E-state index is 0.0804. The quantitative estimate of drug-likeness (QED) is 0.517. The van der Waals surface area contributed by atoms with Crippen LogP contribution in [0, 0.1) is 0 Å². The van der Waals surface area contributed by atoms with E-state index in [0.29, 0.717) is 22.3 Å². The zero-order chi connectivity index (χ0) is 19.3. The summed E-state index contributed by atoms with van der Waals surface area (Å²) in [5, 5.41) is 0.511. The van der Waals surface area contributed by atoms with Crippen LogP contribution < -0.4 is 14.2 Å². The van der Waals surface area contributed by atoms with E-state index in [-0.39, 0.29) is 16.1 Å². The Morgan fingerprint density at radius 3 is 2.08 bits per heavy atom. The van der Waals surface area contributed by atoms with Crippen LogP contribution in [0.4, 0.5) is 0 Å². The van der Waals surface area contributed by atoms with Gasteiger partial charge in [0.1, 0.15) is 0 Å². The predicted molar refractivity (Wildman–Crippen MR) is 97.2 cm³/mol. The molecule has 2 aromatic rings. The lowest BCUT2D eigenvalue weighted by Crippen LogP contribution is -2.15. The number of methoxy groups -OCH3 is 3. The van der Waals surface area contributed by atoms with Gasteiger partial charge in [0.2, 0.25) is 11.5 Å². The Kier molecular flexibility index (Phi) is 6.71. The van der Waals surface area contributed by atoms with Crippen LogP contribution in [0.5, 0.6) is 17.2 Å². The Bertz CT molecular complexity index is 809. The van der Waals surface area contributed by atoms with Gasteiger partial charge >= 0.3 is 5.97 Å². The average Bonchev–Trinajstić information content (AvgIpc) is 2.66. The van der Waals surface area contributed by atoms with E-state index in [2.05, 4.69) is 0 Å². The smallest absolute Gasteiger partial charge is 0.340 e. The van der Waals surface area contributed by atoms with Gasteiger partial charge in [-0.05, 0) is 30.3 Å². The van der Waals surface area contributed by atoms with Gasteiger partial charge < -0.3 is 18.9 Å². The zero-order valence-corrected chi connectivity index (χ0v) is 15.8. The lowest BCUT2D eigenvalue weighted by molar-refractivity contribution is 0.0475. The van der Waals surface area contributed by atoms with E-state index in [1.807, 2.05) is 0 Å². The molecule has 0 saturated carbocycles. The molecular weight excluding hydrogens is 383 g/mol. The number of esters is 1. The Morgan fingerprint density at radius 2 is 1.54 bits per heavy atom. The van der Waals surface area contributed by atoms with Crippen molar-refractivity contribution in [2.24, 2.45) is 0 Å². The van der Waals surface area contributed by atoms with Crippen LogP contribution in [0.25, 0.3) is 0 Å². The second-order valence-electron chi connectivity index (χ2n) is 5.04. The van der Waals surface area contributed by atoms with E-state index >= 15 is 0 Å². The fourth-order valence-electron chi connectivity index (χ4n) is 2.19. The largest absolute Gasteiger partial charge is 0.493 e. The number of halogens is 2. The Labute approximate surface area is 160 Å². The van der Waals surface area contributed by atoms with Crippen LogP contribution in [0.1, 0.15) is 20.7 Å². The molecule has 0 bridgehead atoms. The number of rotatable bonds is 7. The highest BCUT2D eigenvalue weighted by molar-refractivity contribution is 6.35. The van der Waals surface area contributed by atoms with E-state index in [0.717, 1.165) is 0 Å². The normalized spacial score (nSPS) is 10.2. The molecule has 2 aromatic carbocycles. The van der Waals surface area contributed by atoms with Crippen molar-refractivity contribution in [2.45, 2.75) is 0 Å². The third-order valence-electron chi connectivity index (χ3n) is 3.47. The summed E-state index contributed by atoms with van der Waals surface area (Å²) in [6, 6.07) is 7.34. The average molecular weight is 399 g/mol. The van der Waals surface area contributed by atoms with Gasteiger partial charge in [-0.25, -0.2) is 4.79 Å². The molecule has 26 heavy (non-hydrogen) atoms. The Morgan fingerprint density at radius 1 is 0.923 bits per heavy atom. The summed E-state index contributed by atoms with van der Waals surface area (Å²) in [5.41, 5.74) is 0.321. The standard InChI is InChI=1S/C18H16Cl2O6/c1-23-15-6-10(7-16(24-2)17(15)25-3)14(21)9-26-18(22)12-8-11(19)4-5-13(12)20/h4-8H,9H2,1-3H3. The summed E-state index contributed by atoms with van der Waals surface area (Å²) in [5.74, 6) is -0.206. The first-order valence-electron chi connectivity index (χ1n) is 7.36. The van der Waals surface area contributed by atoms with Crippen molar-refractivity contribution in [3.05, 3.63) is 51.5 Å². The van der Waals surface area contributed by atoms with Crippen LogP contribution in [-0.4, -0.2) is 39.7 Å². The van der Waals surface area contributed by atoms with Crippen molar-refractivity contribution < 1.29 is 28.5 Å². The van der Waals surface area contributed by atoms with Crippen LogP contribution in [-0.2, 0) is 4.74 Å². The second-order valence-corrected chi connectivity index (χ2v) is 5.88. The molecule has 0 radical (unpaired) electrons. The molecular formula is C18H16Cl2O6. The fraction of sp³-hybridized carbons (Fsp3) is 0.222. The molecule has 0 aromatic heterocycles. The number of benzene rings is 2. The van der Waals surface area contributed by atoms with E-state index in [1.165, 1.54) is 45.6 Å². The van der Waals surface area contributed by atoms with E-state index in [4.69, 9.17) is 42.1 Å². The van der Waals surface area contributed by atoms with Crippen LogP contribution in [0.3, 0.4) is 0 Å². The maximum Gasteiger partial charge on any atom is 0.340 e. The molecule has 0 spiro atoms. The second kappa shape index (κ2) is 8.78. The summed E-state index contributed by atoms with van der Waals surface area (Å²) in [6.45, 7) is -0.486. The summed E-state index contributed by atoms with van der Waals surface area (Å²) in [4.78, 5) is 24.5. The first kappa shape index (κ1) is 19.9. The minimum atomic E-state index is -0.752. The molecule has 0 aliphatic heterocycles. The molecule has 0 aliphatic rings. The van der Waals surface area contributed by atoms with Gasteiger partial charge in [-0.3, -0.25) is 4.79 Å². The van der Waals surface area contributed by atoms with E-state index in [9.17, 15) is 9.59 Å². The molecule has 8 heteroatoms. The molecule has 0 unspecified atom stereocenters. The maximum atomic E-state index is 12.4. The molecule has 138 valence electrons. The van der Waals surface area contributed by atoms with Gasteiger partial charge in [0.05, 0.1) is 31.9 Å². The maximum absolute atomic E-state index is 12.4. The van der Waals surface area contributed by atoms with Crippen molar-refractivity contribution in [3.63, 3.8) is 0 Å². The zero-order valence-electron chi connectivity index (χ0n) is 14.3. The van der Waals surface area contributed by atoms with Gasteiger partial charge in [-0.15, -0.1) is 0 Å². The van der Waals surface area contributed by atoms with Crippen molar-refractivity contribution in [1.82, 2.24) is 0 Å². The van der Waals surface area contributed by atoms with Crippen LogP contribution in [0.2, 0.25) is 10.0 Å². The monoisotopic (exact) mass is 398 g/mol. The number of hydrogen-bond donors (Lipinski definition) is 0. The van der Waals surface area contributed by atoms with Gasteiger partial charge in [-0.1, -0.05) is 23.2 Å². The van der Waals surface area contributed by atoms with Crippen molar-refractivity contribution in [1.29, 1.82) is 0 Å². The summed E-state index contributed by atoms with van der Waals surface area (Å²) in [6.07, 6.45) is 0. The number of hydrogen-bond acceptors (Lipinski definition) is 6. The number of carbonyl (C=O) groups excluding carboxylic acids is 2. The number of ether oxygens (including phenoxy) is 4. The molecule has 2 rings (SSSR count). The Balaban J connectivity index is 2.17. The minimum Gasteiger partial charge on any atom is -0.493 e. The Hall–Kier alpha value is -2.44. The SMILES string of the molecule is COc1cc(C(=O)COC(=O)c2cc(Cl)ccc2Cl)cc(OC)c1OC. The van der Waals surface area contributed by atoms with Gasteiger partial charge in [-0.2, -0.15) is 0 Å². The highest BCUT2D eigenvalue weighted by Crippen LogP contribution is 2.38. The summed E-state index contributed by atoms with van der Waals surface area (Å²) < 4.78 is 20.6. The summed E-state index contributed by atoms with van der Waals surface area (Å²) in [7, 11) is 4.33. The number of Topliss-reactive ketones (excluding diaryl/α,β-unsaturated/α-hetero) is 1. The van der Waals surface area contributed by atoms with E-state index < -0.39 is 18.4 Å². The molecule has 0 N–H and O–H groups in total. The van der Waals surface area contributed by atoms with E-state index in [1.54, 1.807) is 6.07 Å². The molecule has 0 fully saturated rings. The first-order chi connectivity index (χ1) is 12.4. The molecule has 0 atom stereocenters. The van der Waals surface area contributed by atoms with Gasteiger partial charge in [0, 0.05) is 10.6 Å². The predicted octanol–water partition coefficient (Wildman–Crippen LogP) is 4.06. The highest BCUT2D eigenvalue weighted by atomic mass is 35.5. The lowest BCUT2D eigenvalue weighted by Gasteiger charge is -2.13. The number of ketones is 1. The highest BCUT2D eigenvalue weighted by Gasteiger charge is 2.19. The lowest BCUT2D eigenvalue weighted by atomic mass is 10.1. The van der Waals surface area contributed by atoms with Crippen molar-refractivity contribution >= 4 is 35.0 Å². The first-order valence-corrected chi connectivity index (χ1v) is 8.12. The topological polar surface area (TPSA) is 71.1 Å². The van der Waals surface area contributed by atoms with Gasteiger partial charge in [0.15, 0.2) is 18.1 Å². The third-order valence-corrected chi connectivity index (χ3v) is 4.03. The number of carbonyl (C=O) groups is 2. The van der Waals surface area contributed by atoms with Gasteiger partial charge in [0.25, 0.3) is 0 Å². The van der Waals surface area contributed by atoms with Crippen molar-refractivity contribution in [2.75, 3.05) is 27.9 Å². The fourth-order valence-corrected chi connectivity index (χ4v) is 2.55. The van der Waals surface area contributed by atoms with Crippen molar-refractivity contribution in [3.8, 4) is 17.2 Å². The molecule has 0 aliphatic carbocycles. The molecule has 0 heterocycles. The molecule has 0 saturated heterocycles. The van der Waals surface area contributed by atoms with Crippen LogP contribution >= 0.6 is 23.2 Å². The summed E-state index contributed by atoms with van der Waals surface area (Å²) >= 11 is 11.8.